The first-order chi connectivity index (χ1) is 18.5. The van der Waals surface area contributed by atoms with E-state index in [4.69, 9.17) is 0 Å². The van der Waals surface area contributed by atoms with Crippen molar-refractivity contribution < 1.29 is 5.11 Å². The Morgan fingerprint density at radius 1 is 1.05 bits per heavy atom. The second-order valence-corrected chi connectivity index (χ2v) is 9.65. The normalized spacial score (nSPS) is 11.5. The Kier molecular flexibility index (Phi) is 7.32. The van der Waals surface area contributed by atoms with Gasteiger partial charge in [-0.15, -0.1) is 5.10 Å². The average Bonchev–Trinajstić information content (AvgIpc) is 3.68. The van der Waals surface area contributed by atoms with Gasteiger partial charge < -0.3 is 9.67 Å². The molecule has 10 nitrogen and oxygen atoms in total. The molecular formula is C28H32N8O2. The molecule has 0 saturated heterocycles. The number of aromatic amines is 1. The highest BCUT2D eigenvalue weighted by Gasteiger charge is 2.20. The molecule has 0 saturated carbocycles. The molecule has 5 rings (SSSR count). The maximum Gasteiger partial charge on any atom is 0.334 e. The lowest BCUT2D eigenvalue weighted by Gasteiger charge is -2.14. The largest absolute Gasteiger partial charge is 0.392 e. The zero-order chi connectivity index (χ0) is 26.6. The zero-order valence-corrected chi connectivity index (χ0v) is 21.9. The van der Waals surface area contributed by atoms with Crippen LogP contribution in [0.4, 0.5) is 0 Å². The van der Waals surface area contributed by atoms with Crippen LogP contribution in [0, 0.1) is 0 Å². The number of aliphatic hydroxyl groups is 1. The molecule has 38 heavy (non-hydrogen) atoms. The van der Waals surface area contributed by atoms with Gasteiger partial charge in [-0.1, -0.05) is 37.6 Å². The topological polar surface area (TPSA) is 119 Å². The molecule has 0 spiro atoms. The van der Waals surface area contributed by atoms with Crippen LogP contribution < -0.4 is 5.69 Å². The second kappa shape index (κ2) is 11.0. The van der Waals surface area contributed by atoms with E-state index < -0.39 is 0 Å². The van der Waals surface area contributed by atoms with Gasteiger partial charge >= 0.3 is 5.69 Å². The van der Waals surface area contributed by atoms with Crippen LogP contribution in [0.1, 0.15) is 56.5 Å². The molecule has 0 unspecified atom stereocenters. The predicted octanol–water partition coefficient (Wildman–Crippen LogP) is 4.15. The van der Waals surface area contributed by atoms with Gasteiger partial charge in [-0.25, -0.2) is 9.89 Å². The van der Waals surface area contributed by atoms with E-state index in [2.05, 4.69) is 46.4 Å². The molecule has 4 aromatic heterocycles. The quantitative estimate of drug-likeness (QED) is 0.290. The van der Waals surface area contributed by atoms with Crippen molar-refractivity contribution in [3.8, 4) is 28.3 Å². The number of tetrazole rings is 1. The van der Waals surface area contributed by atoms with Crippen LogP contribution in [0.15, 0.2) is 66.0 Å². The van der Waals surface area contributed by atoms with E-state index in [1.54, 1.807) is 10.8 Å². The third-order valence-electron chi connectivity index (χ3n) is 6.82. The van der Waals surface area contributed by atoms with Gasteiger partial charge in [-0.3, -0.25) is 14.1 Å². The van der Waals surface area contributed by atoms with Crippen molar-refractivity contribution in [2.45, 2.75) is 59.2 Å². The van der Waals surface area contributed by atoms with E-state index in [1.165, 1.54) is 0 Å². The summed E-state index contributed by atoms with van der Waals surface area (Å²) in [7, 11) is 0. The van der Waals surface area contributed by atoms with Crippen molar-refractivity contribution in [1.82, 2.24) is 39.3 Å². The van der Waals surface area contributed by atoms with Crippen LogP contribution in [-0.2, 0) is 19.6 Å². The van der Waals surface area contributed by atoms with Crippen LogP contribution in [0.25, 0.3) is 28.3 Å². The number of unbranched alkanes of at least 4 members (excludes halogenated alkanes) is 1. The minimum Gasteiger partial charge on any atom is -0.392 e. The molecule has 4 heterocycles. The first-order valence-corrected chi connectivity index (χ1v) is 12.9. The Balaban J connectivity index is 1.56. The summed E-state index contributed by atoms with van der Waals surface area (Å²) in [5, 5.41) is 24.0. The molecule has 2 N–H and O–H groups in total. The average molecular weight is 513 g/mol. The number of hydrogen-bond donors (Lipinski definition) is 2. The fourth-order valence-electron chi connectivity index (χ4n) is 4.80. The second-order valence-electron chi connectivity index (χ2n) is 9.65. The fraction of sp³-hybridized carbons (Fsp3) is 0.321. The number of nitrogens with zero attached hydrogens (tertiary/aromatic N) is 7. The summed E-state index contributed by atoms with van der Waals surface area (Å²) in [6.07, 6.45) is 10.2. The molecule has 0 amide bonds. The van der Waals surface area contributed by atoms with Gasteiger partial charge in [0.25, 0.3) is 0 Å². The van der Waals surface area contributed by atoms with Crippen molar-refractivity contribution >= 4 is 0 Å². The Hall–Kier alpha value is -4.31. The monoisotopic (exact) mass is 512 g/mol. The lowest BCUT2D eigenvalue weighted by atomic mass is 10.00. The molecular weight excluding hydrogens is 480 g/mol. The molecule has 0 fully saturated rings. The third kappa shape index (κ3) is 4.82. The van der Waals surface area contributed by atoms with E-state index in [9.17, 15) is 9.90 Å². The van der Waals surface area contributed by atoms with E-state index in [1.807, 2.05) is 64.1 Å². The minimum absolute atomic E-state index is 0.130. The molecule has 10 heteroatoms. The molecule has 1 aromatic carbocycles. The highest BCUT2D eigenvalue weighted by molar-refractivity contribution is 5.70. The van der Waals surface area contributed by atoms with Crippen LogP contribution in [0.3, 0.4) is 0 Å². The number of rotatable bonds is 10. The number of benzene rings is 1. The first-order valence-electron chi connectivity index (χ1n) is 12.9. The molecule has 0 aliphatic heterocycles. The van der Waals surface area contributed by atoms with E-state index >= 15 is 0 Å². The van der Waals surface area contributed by atoms with E-state index in [0.29, 0.717) is 18.2 Å². The lowest BCUT2D eigenvalue weighted by molar-refractivity contribution is 0.281. The Morgan fingerprint density at radius 3 is 2.53 bits per heavy atom. The number of pyridine rings is 1. The predicted molar refractivity (Wildman–Crippen MR) is 145 cm³/mol. The molecule has 0 aliphatic carbocycles. The number of H-pyrrole nitrogens is 1. The van der Waals surface area contributed by atoms with Gasteiger partial charge in [0, 0.05) is 47.7 Å². The zero-order valence-electron chi connectivity index (χ0n) is 21.9. The molecule has 0 bridgehead atoms. The summed E-state index contributed by atoms with van der Waals surface area (Å²) >= 11 is 0. The van der Waals surface area contributed by atoms with Crippen molar-refractivity contribution in [1.29, 1.82) is 0 Å². The first kappa shape index (κ1) is 25.3. The van der Waals surface area contributed by atoms with Crippen molar-refractivity contribution in [2.24, 2.45) is 0 Å². The molecule has 0 radical (unpaired) electrons. The van der Waals surface area contributed by atoms with Gasteiger partial charge in [0.1, 0.15) is 5.82 Å². The number of hydrogen-bond acceptors (Lipinski definition) is 6. The smallest absolute Gasteiger partial charge is 0.334 e. The Bertz CT molecular complexity index is 1560. The number of nitrogens with one attached hydrogen (secondary N) is 1. The van der Waals surface area contributed by atoms with Crippen LogP contribution in [-0.4, -0.2) is 44.4 Å². The van der Waals surface area contributed by atoms with Gasteiger partial charge in [-0.05, 0) is 65.9 Å². The molecule has 5 aromatic rings. The van der Waals surface area contributed by atoms with E-state index in [-0.39, 0.29) is 18.3 Å². The summed E-state index contributed by atoms with van der Waals surface area (Å²) in [6.45, 7) is 6.53. The van der Waals surface area contributed by atoms with Crippen molar-refractivity contribution in [3.05, 3.63) is 88.5 Å². The summed E-state index contributed by atoms with van der Waals surface area (Å²) < 4.78 is 5.55. The summed E-state index contributed by atoms with van der Waals surface area (Å²) in [6, 6.07) is 12.0. The van der Waals surface area contributed by atoms with Gasteiger partial charge in [0.05, 0.1) is 13.2 Å². The summed E-state index contributed by atoms with van der Waals surface area (Å²) in [5.41, 5.74) is 5.40. The van der Waals surface area contributed by atoms with E-state index in [0.717, 1.165) is 52.8 Å². The molecule has 0 atom stereocenters. The number of aryl methyl sites for hydroxylation is 1. The van der Waals surface area contributed by atoms with Crippen LogP contribution in [0.5, 0.6) is 0 Å². The molecule has 0 aliphatic rings. The highest BCUT2D eigenvalue weighted by Crippen LogP contribution is 2.27. The van der Waals surface area contributed by atoms with Gasteiger partial charge in [0.15, 0.2) is 5.82 Å². The van der Waals surface area contributed by atoms with Crippen molar-refractivity contribution in [3.63, 3.8) is 0 Å². The summed E-state index contributed by atoms with van der Waals surface area (Å²) in [5.74, 6) is 1.32. The Labute approximate surface area is 220 Å². The maximum atomic E-state index is 13.9. The number of aliphatic hydroxyl groups excluding tert-OH is 1. The third-order valence-corrected chi connectivity index (χ3v) is 6.82. The fourth-order valence-corrected chi connectivity index (χ4v) is 4.80. The van der Waals surface area contributed by atoms with Gasteiger partial charge in [0.2, 0.25) is 0 Å². The van der Waals surface area contributed by atoms with Crippen LogP contribution in [0.2, 0.25) is 0 Å². The number of imidazole rings is 1. The highest BCUT2D eigenvalue weighted by atomic mass is 16.3. The Morgan fingerprint density at radius 2 is 1.84 bits per heavy atom. The minimum atomic E-state index is -0.135. The maximum absolute atomic E-state index is 13.9. The lowest BCUT2D eigenvalue weighted by Crippen LogP contribution is -2.27. The SMILES string of the molecule is CCCCc1cn(-c2c(CO)ccn2C(C)C)c(=O)n1Cc1cnccc1-c1ccc(-c2nnn[nH]2)cc1. The molecule has 196 valence electrons. The number of aromatic nitrogens is 8. The van der Waals surface area contributed by atoms with Crippen LogP contribution >= 0.6 is 0 Å². The standard InChI is InChI=1S/C28H32N8O2/c1-4-5-6-24-17-36(27-22(18-37)12-14-34(27)19(2)3)28(38)35(24)16-23-15-29-13-11-25(23)20-7-9-21(10-8-20)26-30-32-33-31-26/h7-15,17,19,37H,4-6,16,18H2,1-3H3,(H,30,31,32,33). The summed E-state index contributed by atoms with van der Waals surface area (Å²) in [4.78, 5) is 18.3. The van der Waals surface area contributed by atoms with Gasteiger partial charge in [-0.2, -0.15) is 0 Å². The van der Waals surface area contributed by atoms with Crippen molar-refractivity contribution in [2.75, 3.05) is 0 Å².